The third-order valence-electron chi connectivity index (χ3n) is 3.18. The monoisotopic (exact) mass is 273 g/mol. The van der Waals surface area contributed by atoms with Crippen LogP contribution in [0.5, 0.6) is 0 Å². The van der Waals surface area contributed by atoms with Crippen molar-refractivity contribution in [1.29, 1.82) is 0 Å². The van der Waals surface area contributed by atoms with Crippen molar-refractivity contribution in [1.82, 2.24) is 5.32 Å². The van der Waals surface area contributed by atoms with Crippen molar-refractivity contribution < 1.29 is 22.5 Å². The SMILES string of the molecule is CC1=CC=C(S(=O)(=O)O)C(=O)C1C[C@@H]1CNCO1. The topological polar surface area (TPSA) is 92.7 Å². The molecule has 100 valence electrons. The number of rotatable bonds is 3. The Labute approximate surface area is 105 Å². The van der Waals surface area contributed by atoms with Gasteiger partial charge in [-0.1, -0.05) is 11.6 Å². The number of Topliss-reactive ketones (excluding diaryl/α,β-unsaturated/α-hetero) is 1. The van der Waals surface area contributed by atoms with E-state index in [2.05, 4.69) is 5.32 Å². The van der Waals surface area contributed by atoms with Crippen LogP contribution in [0.4, 0.5) is 0 Å². The third-order valence-corrected chi connectivity index (χ3v) is 4.07. The van der Waals surface area contributed by atoms with Crippen LogP contribution in [0.3, 0.4) is 0 Å². The molecule has 1 saturated heterocycles. The number of ether oxygens (including phenoxy) is 1. The van der Waals surface area contributed by atoms with Crippen LogP contribution in [0.2, 0.25) is 0 Å². The smallest absolute Gasteiger partial charge is 0.298 e. The zero-order valence-electron chi connectivity index (χ0n) is 9.92. The first-order valence-electron chi connectivity index (χ1n) is 5.62. The van der Waals surface area contributed by atoms with Crippen LogP contribution in [0.25, 0.3) is 0 Å². The number of hydrogen-bond acceptors (Lipinski definition) is 5. The van der Waals surface area contributed by atoms with Crippen LogP contribution < -0.4 is 5.32 Å². The molecule has 0 aromatic carbocycles. The lowest BCUT2D eigenvalue weighted by Gasteiger charge is -2.22. The van der Waals surface area contributed by atoms with E-state index >= 15 is 0 Å². The highest BCUT2D eigenvalue weighted by Crippen LogP contribution is 2.29. The van der Waals surface area contributed by atoms with Crippen molar-refractivity contribution in [2.24, 2.45) is 5.92 Å². The number of ketones is 1. The zero-order chi connectivity index (χ0) is 13.3. The predicted molar refractivity (Wildman–Crippen MR) is 64.2 cm³/mol. The molecular weight excluding hydrogens is 258 g/mol. The average Bonchev–Trinajstić information content (AvgIpc) is 2.74. The number of carbonyl (C=O) groups is 1. The van der Waals surface area contributed by atoms with Gasteiger partial charge in [0, 0.05) is 12.5 Å². The Bertz CT molecular complexity index is 514. The van der Waals surface area contributed by atoms with Crippen LogP contribution in [-0.2, 0) is 19.6 Å². The van der Waals surface area contributed by atoms with E-state index in [1.807, 2.05) is 0 Å². The van der Waals surface area contributed by atoms with E-state index in [-0.39, 0.29) is 6.10 Å². The van der Waals surface area contributed by atoms with Crippen LogP contribution in [0.1, 0.15) is 13.3 Å². The Morgan fingerprint density at radius 3 is 2.78 bits per heavy atom. The highest BCUT2D eigenvalue weighted by molar-refractivity contribution is 7.90. The maximum Gasteiger partial charge on any atom is 0.298 e. The Morgan fingerprint density at radius 2 is 2.22 bits per heavy atom. The second kappa shape index (κ2) is 4.93. The van der Waals surface area contributed by atoms with Gasteiger partial charge in [0.1, 0.15) is 4.91 Å². The molecule has 1 fully saturated rings. The fraction of sp³-hybridized carbons (Fsp3) is 0.545. The molecule has 0 saturated carbocycles. The molecule has 6 nitrogen and oxygen atoms in total. The minimum atomic E-state index is -4.45. The molecule has 2 atom stereocenters. The first-order chi connectivity index (χ1) is 8.39. The maximum atomic E-state index is 12.0. The van der Waals surface area contributed by atoms with Crippen molar-refractivity contribution in [3.8, 4) is 0 Å². The molecule has 1 unspecified atom stereocenters. The summed E-state index contributed by atoms with van der Waals surface area (Å²) in [4.78, 5) is 11.5. The van der Waals surface area contributed by atoms with Crippen molar-refractivity contribution in [3.63, 3.8) is 0 Å². The summed E-state index contributed by atoms with van der Waals surface area (Å²) < 4.78 is 36.5. The van der Waals surface area contributed by atoms with Crippen LogP contribution in [0.15, 0.2) is 22.6 Å². The summed E-state index contributed by atoms with van der Waals surface area (Å²) >= 11 is 0. The number of hydrogen-bond donors (Lipinski definition) is 2. The van der Waals surface area contributed by atoms with Gasteiger partial charge < -0.3 is 4.74 Å². The van der Waals surface area contributed by atoms with Gasteiger partial charge in [0.2, 0.25) is 0 Å². The summed E-state index contributed by atoms with van der Waals surface area (Å²) in [6, 6.07) is 0. The van der Waals surface area contributed by atoms with Gasteiger partial charge in [0.25, 0.3) is 10.1 Å². The Kier molecular flexibility index (Phi) is 3.67. The van der Waals surface area contributed by atoms with Gasteiger partial charge in [-0.3, -0.25) is 14.7 Å². The minimum Gasteiger partial charge on any atom is -0.362 e. The van der Waals surface area contributed by atoms with Crippen LogP contribution in [0, 0.1) is 5.92 Å². The van der Waals surface area contributed by atoms with Crippen molar-refractivity contribution >= 4 is 15.9 Å². The molecule has 2 rings (SSSR count). The van der Waals surface area contributed by atoms with Gasteiger partial charge in [0.15, 0.2) is 5.78 Å². The van der Waals surface area contributed by atoms with Gasteiger partial charge >= 0.3 is 0 Å². The summed E-state index contributed by atoms with van der Waals surface area (Å²) in [5.41, 5.74) is 0.780. The van der Waals surface area contributed by atoms with Crippen molar-refractivity contribution in [2.45, 2.75) is 19.4 Å². The molecule has 7 heteroatoms. The number of nitrogens with one attached hydrogen (secondary N) is 1. The quantitative estimate of drug-likeness (QED) is 0.716. The average molecular weight is 273 g/mol. The Morgan fingerprint density at radius 1 is 1.50 bits per heavy atom. The molecule has 2 aliphatic rings. The van der Waals surface area contributed by atoms with Gasteiger partial charge in [-0.05, 0) is 19.4 Å². The molecule has 0 amide bonds. The molecule has 0 spiro atoms. The van der Waals surface area contributed by atoms with E-state index in [1.165, 1.54) is 0 Å². The molecule has 0 aromatic heterocycles. The van der Waals surface area contributed by atoms with Gasteiger partial charge in [0.05, 0.1) is 12.8 Å². The lowest BCUT2D eigenvalue weighted by Crippen LogP contribution is -2.29. The second-order valence-electron chi connectivity index (χ2n) is 4.46. The molecule has 0 aromatic rings. The summed E-state index contributed by atoms with van der Waals surface area (Å²) in [7, 11) is -4.45. The van der Waals surface area contributed by atoms with Crippen molar-refractivity contribution in [3.05, 3.63) is 22.6 Å². The molecule has 1 heterocycles. The fourth-order valence-electron chi connectivity index (χ4n) is 2.16. The first kappa shape index (κ1) is 13.4. The van der Waals surface area contributed by atoms with E-state index < -0.39 is 26.7 Å². The van der Waals surface area contributed by atoms with E-state index in [0.29, 0.717) is 19.7 Å². The Hall–Kier alpha value is -1.02. The predicted octanol–water partition coefficient (Wildman–Crippen LogP) is 0.239. The fourth-order valence-corrected chi connectivity index (χ4v) is 2.80. The van der Waals surface area contributed by atoms with Gasteiger partial charge in [-0.2, -0.15) is 8.42 Å². The van der Waals surface area contributed by atoms with E-state index in [0.717, 1.165) is 11.6 Å². The van der Waals surface area contributed by atoms with Crippen LogP contribution in [-0.4, -0.2) is 38.1 Å². The summed E-state index contributed by atoms with van der Waals surface area (Å²) in [6.45, 7) is 2.85. The number of allylic oxidation sites excluding steroid dienone is 4. The number of carbonyl (C=O) groups excluding carboxylic acids is 1. The highest BCUT2D eigenvalue weighted by Gasteiger charge is 2.35. The normalized spacial score (nSPS) is 29.1. The van der Waals surface area contributed by atoms with E-state index in [1.54, 1.807) is 13.0 Å². The lowest BCUT2D eigenvalue weighted by molar-refractivity contribution is -0.118. The summed E-state index contributed by atoms with van der Waals surface area (Å²) in [6.07, 6.45) is 3.01. The summed E-state index contributed by atoms with van der Waals surface area (Å²) in [5.74, 6) is -1.11. The van der Waals surface area contributed by atoms with Crippen LogP contribution >= 0.6 is 0 Å². The molecule has 1 aliphatic carbocycles. The zero-order valence-corrected chi connectivity index (χ0v) is 10.7. The second-order valence-corrected chi connectivity index (χ2v) is 5.85. The first-order valence-corrected chi connectivity index (χ1v) is 7.06. The standard InChI is InChI=1S/C11H15NO5S/c1-7-2-3-10(18(14,15)16)11(13)9(7)4-8-5-12-6-17-8/h2-3,8-9,12H,4-6H2,1H3,(H,14,15,16)/t8-,9?/m1/s1. The van der Waals surface area contributed by atoms with E-state index in [4.69, 9.17) is 9.29 Å². The molecule has 0 radical (unpaired) electrons. The summed E-state index contributed by atoms with van der Waals surface area (Å²) in [5, 5.41) is 3.00. The van der Waals surface area contributed by atoms with E-state index in [9.17, 15) is 13.2 Å². The molecule has 2 N–H and O–H groups in total. The van der Waals surface area contributed by atoms with Gasteiger partial charge in [-0.25, -0.2) is 0 Å². The molecule has 1 aliphatic heterocycles. The Balaban J connectivity index is 2.20. The lowest BCUT2D eigenvalue weighted by atomic mass is 9.86. The van der Waals surface area contributed by atoms with Gasteiger partial charge in [-0.15, -0.1) is 0 Å². The molecule has 18 heavy (non-hydrogen) atoms. The highest BCUT2D eigenvalue weighted by atomic mass is 32.2. The maximum absolute atomic E-state index is 12.0. The minimum absolute atomic E-state index is 0.108. The largest absolute Gasteiger partial charge is 0.362 e. The third kappa shape index (κ3) is 2.69. The molecular formula is C11H15NO5S. The molecule has 0 bridgehead atoms. The van der Waals surface area contributed by atoms with Crippen molar-refractivity contribution in [2.75, 3.05) is 13.3 Å².